The summed E-state index contributed by atoms with van der Waals surface area (Å²) in [4.78, 5) is 64.4. The van der Waals surface area contributed by atoms with Gasteiger partial charge in [-0.2, -0.15) is 0 Å². The number of ether oxygens (including phenoxy) is 3. The second kappa shape index (κ2) is 25.6. The van der Waals surface area contributed by atoms with Crippen LogP contribution in [0.1, 0.15) is 85.5 Å². The Balaban J connectivity index is 1.61. The minimum absolute atomic E-state index is 0.0235. The molecule has 0 aromatic rings. The molecule has 13 heteroatoms. The molecule has 54 heavy (non-hydrogen) atoms. The Bertz CT molecular complexity index is 1330. The second-order valence-electron chi connectivity index (χ2n) is 15.0. The van der Waals surface area contributed by atoms with E-state index >= 15 is 0 Å². The maximum absolute atomic E-state index is 13.3. The summed E-state index contributed by atoms with van der Waals surface area (Å²) in [7, 11) is -0.957. The number of imide groups is 1. The number of hydrogen-bond donors (Lipinski definition) is 2. The largest absolute Gasteiger partial charge is 0.449 e. The Hall–Kier alpha value is -3.42. The van der Waals surface area contributed by atoms with E-state index in [4.69, 9.17) is 14.2 Å². The summed E-state index contributed by atoms with van der Waals surface area (Å²) in [6.07, 6.45) is 11.6. The number of carbonyl (C=O) groups excluding carboxylic acids is 5. The fourth-order valence-electron chi connectivity index (χ4n) is 6.37. The molecule has 0 saturated carbocycles. The van der Waals surface area contributed by atoms with Crippen molar-refractivity contribution in [1.82, 2.24) is 20.4 Å². The molecule has 0 radical (unpaired) electrons. The minimum atomic E-state index is -0.957. The van der Waals surface area contributed by atoms with Crippen LogP contribution in [0.15, 0.2) is 47.6 Å². The third kappa shape index (κ3) is 20.3. The lowest BCUT2D eigenvalue weighted by Gasteiger charge is -2.37. The van der Waals surface area contributed by atoms with Gasteiger partial charge in [-0.05, 0) is 83.3 Å². The quantitative estimate of drug-likeness (QED) is 0.0521. The standard InChI is InChI=1S/C41H68N4O8S/c1-32(2)30-54(7,31-33(3)4)26-14-19-44(38(47)16-11-9-13-20-45-39(48)28-35(6)40(45)49)21-23-52-25-24-51-22-18-42-37(46)15-10-8-12-17-43-41(50)53-29-36-27-34(36)5/h27-28,36H,1,3,8-26,29-31H2,2,4-7H3,(H,42,46)(H,43,50). The number of carbonyl (C=O) groups is 5. The number of nitrogens with one attached hydrogen (secondary N) is 2. The summed E-state index contributed by atoms with van der Waals surface area (Å²) < 4.78 is 16.6. The Labute approximate surface area is 325 Å². The van der Waals surface area contributed by atoms with Crippen LogP contribution in [0.3, 0.4) is 0 Å². The highest BCUT2D eigenvalue weighted by atomic mass is 32.3. The summed E-state index contributed by atoms with van der Waals surface area (Å²) in [5, 5.41) is 5.61. The first kappa shape index (κ1) is 46.7. The lowest BCUT2D eigenvalue weighted by Crippen LogP contribution is -2.36. The average molecular weight is 777 g/mol. The molecular formula is C41H68N4O8S. The summed E-state index contributed by atoms with van der Waals surface area (Å²) >= 11 is 0. The SMILES string of the molecule is C=C(C)CS(C)(CCCN(CCOCCOCCNC(=O)CCCCCNC(=O)OCC1C=C1C)C(=O)CCCCCN1C(=O)C=C(C)C1=O)CC(=C)C. The highest BCUT2D eigenvalue weighted by molar-refractivity contribution is 8.33. The first-order valence-electron chi connectivity index (χ1n) is 19.5. The van der Waals surface area contributed by atoms with Gasteiger partial charge in [-0.15, -0.1) is 0 Å². The molecule has 0 bridgehead atoms. The third-order valence-electron chi connectivity index (χ3n) is 9.20. The van der Waals surface area contributed by atoms with E-state index in [0.29, 0.717) is 103 Å². The van der Waals surface area contributed by atoms with Crippen LogP contribution in [-0.4, -0.2) is 129 Å². The molecule has 12 nitrogen and oxygen atoms in total. The Morgan fingerprint density at radius 2 is 1.48 bits per heavy atom. The summed E-state index contributed by atoms with van der Waals surface area (Å²) in [5.74, 6) is 2.90. The highest BCUT2D eigenvalue weighted by Gasteiger charge is 2.27. The highest BCUT2D eigenvalue weighted by Crippen LogP contribution is 2.47. The van der Waals surface area contributed by atoms with Gasteiger partial charge in [-0.25, -0.2) is 14.8 Å². The van der Waals surface area contributed by atoms with Gasteiger partial charge in [0.05, 0.1) is 26.4 Å². The van der Waals surface area contributed by atoms with E-state index in [1.54, 1.807) is 6.92 Å². The summed E-state index contributed by atoms with van der Waals surface area (Å²) in [6, 6.07) is 0. The number of amides is 5. The first-order valence-corrected chi connectivity index (χ1v) is 22.1. The Kier molecular flexibility index (Phi) is 22.2. The Morgan fingerprint density at radius 1 is 0.833 bits per heavy atom. The molecular weight excluding hydrogens is 709 g/mol. The zero-order valence-corrected chi connectivity index (χ0v) is 34.6. The molecule has 2 N–H and O–H groups in total. The van der Waals surface area contributed by atoms with E-state index in [1.807, 2.05) is 11.8 Å². The van der Waals surface area contributed by atoms with Crippen LogP contribution in [0.2, 0.25) is 0 Å². The van der Waals surface area contributed by atoms with Crippen LogP contribution in [0.5, 0.6) is 0 Å². The van der Waals surface area contributed by atoms with Gasteiger partial charge in [0.15, 0.2) is 0 Å². The Morgan fingerprint density at radius 3 is 2.11 bits per heavy atom. The predicted molar refractivity (Wildman–Crippen MR) is 218 cm³/mol. The molecule has 306 valence electrons. The van der Waals surface area contributed by atoms with Crippen molar-refractivity contribution in [2.45, 2.75) is 85.5 Å². The fourth-order valence-corrected chi connectivity index (χ4v) is 9.97. The van der Waals surface area contributed by atoms with Gasteiger partial charge in [0.1, 0.15) is 6.61 Å². The normalized spacial score (nSPS) is 15.4. The molecule has 5 amide bonds. The first-order chi connectivity index (χ1) is 25.7. The van der Waals surface area contributed by atoms with E-state index in [9.17, 15) is 24.0 Å². The molecule has 0 fully saturated rings. The van der Waals surface area contributed by atoms with Crippen molar-refractivity contribution in [1.29, 1.82) is 0 Å². The van der Waals surface area contributed by atoms with Crippen molar-refractivity contribution < 1.29 is 38.2 Å². The minimum Gasteiger partial charge on any atom is -0.449 e. The number of alkyl carbamates (subject to hydrolysis) is 1. The molecule has 0 aromatic heterocycles. The van der Waals surface area contributed by atoms with Crippen molar-refractivity contribution in [2.24, 2.45) is 5.92 Å². The van der Waals surface area contributed by atoms with Gasteiger partial charge in [-0.3, -0.25) is 24.1 Å². The molecule has 2 aliphatic rings. The zero-order valence-electron chi connectivity index (χ0n) is 33.8. The van der Waals surface area contributed by atoms with Gasteiger partial charge in [0, 0.05) is 63.1 Å². The topological polar surface area (TPSA) is 144 Å². The van der Waals surface area contributed by atoms with Crippen LogP contribution >= 0.6 is 10.0 Å². The molecule has 2 rings (SSSR count). The molecule has 1 heterocycles. The van der Waals surface area contributed by atoms with Crippen molar-refractivity contribution in [3.8, 4) is 0 Å². The number of rotatable bonds is 31. The van der Waals surface area contributed by atoms with Crippen LogP contribution in [-0.2, 0) is 33.4 Å². The average Bonchev–Trinajstić information content (AvgIpc) is 3.75. The fraction of sp³-hybridized carbons (Fsp3) is 0.683. The van der Waals surface area contributed by atoms with Crippen LogP contribution in [0, 0.1) is 5.92 Å². The smallest absolute Gasteiger partial charge is 0.407 e. The summed E-state index contributed by atoms with van der Waals surface area (Å²) in [5.41, 5.74) is 4.08. The molecule has 1 unspecified atom stereocenters. The third-order valence-corrected chi connectivity index (χ3v) is 12.9. The number of unbranched alkanes of at least 4 members (excludes halogenated alkanes) is 4. The van der Waals surface area contributed by atoms with Gasteiger partial charge < -0.3 is 29.7 Å². The van der Waals surface area contributed by atoms with Gasteiger partial charge in [0.25, 0.3) is 11.8 Å². The number of hydrogen-bond acceptors (Lipinski definition) is 8. The van der Waals surface area contributed by atoms with E-state index in [1.165, 1.54) is 27.7 Å². The number of nitrogens with zero attached hydrogens (tertiary/aromatic N) is 2. The molecule has 0 spiro atoms. The molecule has 0 aromatic carbocycles. The van der Waals surface area contributed by atoms with Crippen LogP contribution in [0.25, 0.3) is 0 Å². The predicted octanol–water partition coefficient (Wildman–Crippen LogP) is 5.68. The van der Waals surface area contributed by atoms with Crippen molar-refractivity contribution in [3.63, 3.8) is 0 Å². The van der Waals surface area contributed by atoms with Gasteiger partial charge in [0.2, 0.25) is 11.8 Å². The van der Waals surface area contributed by atoms with Crippen molar-refractivity contribution in [3.05, 3.63) is 47.6 Å². The molecule has 0 saturated heterocycles. The maximum Gasteiger partial charge on any atom is 0.407 e. The molecule has 1 atom stereocenters. The van der Waals surface area contributed by atoms with Crippen molar-refractivity contribution in [2.75, 3.05) is 89.3 Å². The van der Waals surface area contributed by atoms with Crippen molar-refractivity contribution >= 4 is 39.8 Å². The van der Waals surface area contributed by atoms with E-state index < -0.39 is 16.1 Å². The van der Waals surface area contributed by atoms with Crippen LogP contribution < -0.4 is 10.6 Å². The monoisotopic (exact) mass is 776 g/mol. The molecule has 1 aliphatic heterocycles. The lowest BCUT2D eigenvalue weighted by molar-refractivity contribution is -0.137. The van der Waals surface area contributed by atoms with E-state index in [-0.39, 0.29) is 23.6 Å². The lowest BCUT2D eigenvalue weighted by atomic mass is 10.1. The van der Waals surface area contributed by atoms with Crippen LogP contribution in [0.4, 0.5) is 4.79 Å². The van der Waals surface area contributed by atoms with E-state index in [0.717, 1.165) is 49.4 Å². The van der Waals surface area contributed by atoms with Gasteiger partial charge in [-0.1, -0.05) is 48.8 Å². The zero-order chi connectivity index (χ0) is 39.9. The summed E-state index contributed by atoms with van der Waals surface area (Å²) in [6.45, 7) is 20.5. The second-order valence-corrected chi connectivity index (χ2v) is 18.9. The van der Waals surface area contributed by atoms with E-state index in [2.05, 4.69) is 50.0 Å². The maximum atomic E-state index is 13.3. The van der Waals surface area contributed by atoms with Gasteiger partial charge >= 0.3 is 6.09 Å². The molecule has 1 aliphatic carbocycles.